The molecule has 0 saturated carbocycles. The van der Waals surface area contributed by atoms with Gasteiger partial charge in [0.25, 0.3) is 5.91 Å². The molecule has 0 atom stereocenters. The molecule has 2 aromatic rings. The number of esters is 1. The van der Waals surface area contributed by atoms with E-state index in [9.17, 15) is 18.0 Å². The van der Waals surface area contributed by atoms with Crippen molar-refractivity contribution in [3.05, 3.63) is 52.7 Å². The molecule has 2 heterocycles. The zero-order valence-corrected chi connectivity index (χ0v) is 16.7. The van der Waals surface area contributed by atoms with Crippen molar-refractivity contribution in [1.29, 1.82) is 0 Å². The Bertz CT molecular complexity index is 962. The summed E-state index contributed by atoms with van der Waals surface area (Å²) in [7, 11) is -3.56. The average molecular weight is 421 g/mol. The normalized spacial score (nSPS) is 15.0. The van der Waals surface area contributed by atoms with Gasteiger partial charge in [-0.1, -0.05) is 12.1 Å². The van der Waals surface area contributed by atoms with Crippen LogP contribution in [0.1, 0.15) is 17.7 Å². The van der Waals surface area contributed by atoms with Gasteiger partial charge in [0.1, 0.15) is 0 Å². The molecule has 0 spiro atoms. The van der Waals surface area contributed by atoms with Crippen LogP contribution in [-0.2, 0) is 24.3 Å². The summed E-state index contributed by atoms with van der Waals surface area (Å²) in [4.78, 5) is 24.7. The van der Waals surface area contributed by atoms with E-state index in [0.29, 0.717) is 18.8 Å². The smallest absolute Gasteiger partial charge is 0.331 e. The van der Waals surface area contributed by atoms with Gasteiger partial charge in [0.05, 0.1) is 4.90 Å². The Balaban J connectivity index is 1.55. The summed E-state index contributed by atoms with van der Waals surface area (Å²) >= 11 is 1.48. The highest BCUT2D eigenvalue weighted by Gasteiger charge is 2.27. The zero-order valence-electron chi connectivity index (χ0n) is 15.0. The lowest BCUT2D eigenvalue weighted by Crippen LogP contribution is -2.28. The van der Waals surface area contributed by atoms with Crippen LogP contribution in [0.4, 0.5) is 5.69 Å². The number of hydrogen-bond donors (Lipinski definition) is 1. The van der Waals surface area contributed by atoms with Gasteiger partial charge in [-0.15, -0.1) is 11.3 Å². The molecule has 9 heteroatoms. The first-order valence-electron chi connectivity index (χ1n) is 8.73. The van der Waals surface area contributed by atoms with Crippen molar-refractivity contribution in [3.8, 4) is 0 Å². The Kier molecular flexibility index (Phi) is 6.61. The van der Waals surface area contributed by atoms with Gasteiger partial charge in [0.15, 0.2) is 6.61 Å². The van der Waals surface area contributed by atoms with Crippen molar-refractivity contribution in [1.82, 2.24) is 4.31 Å². The van der Waals surface area contributed by atoms with Crippen LogP contribution in [0.5, 0.6) is 0 Å². The van der Waals surface area contributed by atoms with Crippen molar-refractivity contribution in [3.63, 3.8) is 0 Å². The third-order valence-electron chi connectivity index (χ3n) is 4.09. The summed E-state index contributed by atoms with van der Waals surface area (Å²) in [5.74, 6) is -1.18. The minimum atomic E-state index is -3.56. The van der Waals surface area contributed by atoms with Crippen molar-refractivity contribution in [2.45, 2.75) is 17.7 Å². The van der Waals surface area contributed by atoms with Gasteiger partial charge >= 0.3 is 5.97 Å². The van der Waals surface area contributed by atoms with Crippen LogP contribution in [0.15, 0.2) is 52.7 Å². The predicted octanol–water partition coefficient (Wildman–Crippen LogP) is 2.73. The number of thiophene rings is 1. The van der Waals surface area contributed by atoms with Crippen LogP contribution in [0, 0.1) is 0 Å². The van der Waals surface area contributed by atoms with E-state index in [2.05, 4.69) is 5.32 Å². The zero-order chi connectivity index (χ0) is 20.0. The number of nitrogens with one attached hydrogen (secondary N) is 1. The topological polar surface area (TPSA) is 92.8 Å². The lowest BCUT2D eigenvalue weighted by molar-refractivity contribution is -0.142. The Morgan fingerprint density at radius 2 is 1.96 bits per heavy atom. The molecule has 1 saturated heterocycles. The molecule has 0 unspecified atom stereocenters. The van der Waals surface area contributed by atoms with Crippen molar-refractivity contribution < 1.29 is 22.7 Å². The van der Waals surface area contributed by atoms with Crippen LogP contribution in [0.25, 0.3) is 6.08 Å². The summed E-state index contributed by atoms with van der Waals surface area (Å²) in [5.41, 5.74) is 0.329. The number of hydrogen-bond acceptors (Lipinski definition) is 6. The summed E-state index contributed by atoms with van der Waals surface area (Å²) in [6.45, 7) is 0.554. The number of carbonyl (C=O) groups is 2. The third-order valence-corrected chi connectivity index (χ3v) is 6.83. The number of carbonyl (C=O) groups excluding carboxylic acids is 2. The highest BCUT2D eigenvalue weighted by molar-refractivity contribution is 7.89. The number of ether oxygens (including phenoxy) is 1. The van der Waals surface area contributed by atoms with Gasteiger partial charge in [-0.25, -0.2) is 13.2 Å². The fourth-order valence-corrected chi connectivity index (χ4v) is 4.91. The van der Waals surface area contributed by atoms with Crippen LogP contribution >= 0.6 is 11.3 Å². The van der Waals surface area contributed by atoms with Gasteiger partial charge in [-0.3, -0.25) is 4.79 Å². The lowest BCUT2D eigenvalue weighted by Gasteiger charge is -2.16. The van der Waals surface area contributed by atoms with Gasteiger partial charge in [-0.2, -0.15) is 4.31 Å². The van der Waals surface area contributed by atoms with E-state index in [4.69, 9.17) is 4.74 Å². The number of sulfonamides is 1. The van der Waals surface area contributed by atoms with Crippen LogP contribution in [0.2, 0.25) is 0 Å². The summed E-state index contributed by atoms with van der Waals surface area (Å²) in [5, 5.41) is 4.43. The average Bonchev–Trinajstić information content (AvgIpc) is 3.39. The van der Waals surface area contributed by atoms with E-state index in [-0.39, 0.29) is 4.90 Å². The Hall–Kier alpha value is -2.49. The van der Waals surface area contributed by atoms with Crippen LogP contribution < -0.4 is 5.32 Å². The summed E-state index contributed by atoms with van der Waals surface area (Å²) in [6.07, 6.45) is 4.56. The minimum absolute atomic E-state index is 0.128. The maximum atomic E-state index is 12.6. The molecule has 0 aliphatic carbocycles. The molecule has 1 fully saturated rings. The molecular formula is C19H20N2O5S2. The number of nitrogens with zero attached hydrogens (tertiary/aromatic N) is 1. The Morgan fingerprint density at radius 3 is 2.68 bits per heavy atom. The predicted molar refractivity (Wildman–Crippen MR) is 107 cm³/mol. The number of benzene rings is 1. The number of anilines is 1. The summed E-state index contributed by atoms with van der Waals surface area (Å²) in [6, 6.07) is 9.77. The second kappa shape index (κ2) is 9.13. The van der Waals surface area contributed by atoms with Gasteiger partial charge in [-0.05, 0) is 48.6 Å². The second-order valence-corrected chi connectivity index (χ2v) is 9.06. The van der Waals surface area contributed by atoms with Gasteiger partial charge in [0.2, 0.25) is 10.0 Å². The van der Waals surface area contributed by atoms with Crippen molar-refractivity contribution in [2.24, 2.45) is 0 Å². The molecule has 0 radical (unpaired) electrons. The van der Waals surface area contributed by atoms with Gasteiger partial charge in [0, 0.05) is 29.7 Å². The first-order valence-corrected chi connectivity index (χ1v) is 11.1. The monoisotopic (exact) mass is 420 g/mol. The molecular weight excluding hydrogens is 400 g/mol. The molecule has 1 aliphatic rings. The lowest BCUT2D eigenvalue weighted by atomic mass is 10.3. The quantitative estimate of drug-likeness (QED) is 0.549. The molecule has 1 aromatic carbocycles. The fraction of sp³-hybridized carbons (Fsp3) is 0.263. The molecule has 1 amide bonds. The van der Waals surface area contributed by atoms with E-state index in [0.717, 1.165) is 17.7 Å². The van der Waals surface area contributed by atoms with Crippen molar-refractivity contribution in [2.75, 3.05) is 25.0 Å². The van der Waals surface area contributed by atoms with Crippen LogP contribution in [-0.4, -0.2) is 44.3 Å². The van der Waals surface area contributed by atoms with E-state index in [1.54, 1.807) is 18.2 Å². The minimum Gasteiger partial charge on any atom is -0.452 e. The Labute approximate surface area is 167 Å². The second-order valence-electron chi connectivity index (χ2n) is 6.14. The number of rotatable bonds is 7. The highest BCUT2D eigenvalue weighted by atomic mass is 32.2. The molecule has 7 nitrogen and oxygen atoms in total. The molecule has 28 heavy (non-hydrogen) atoms. The molecule has 1 N–H and O–H groups in total. The maximum absolute atomic E-state index is 12.6. The van der Waals surface area contributed by atoms with E-state index in [1.807, 2.05) is 17.5 Å². The number of amides is 1. The fourth-order valence-electron chi connectivity index (χ4n) is 2.73. The van der Waals surface area contributed by atoms with E-state index in [1.165, 1.54) is 33.9 Å². The van der Waals surface area contributed by atoms with Crippen LogP contribution in [0.3, 0.4) is 0 Å². The SMILES string of the molecule is O=C(COC(=O)C=Cc1cccs1)Nc1cccc(S(=O)(=O)N2CCCC2)c1. The Morgan fingerprint density at radius 1 is 1.18 bits per heavy atom. The van der Waals surface area contributed by atoms with Crippen molar-refractivity contribution >= 4 is 45.0 Å². The largest absolute Gasteiger partial charge is 0.452 e. The van der Waals surface area contributed by atoms with E-state index >= 15 is 0 Å². The third kappa shape index (κ3) is 5.28. The summed E-state index contributed by atoms with van der Waals surface area (Å²) < 4.78 is 31.5. The van der Waals surface area contributed by atoms with E-state index < -0.39 is 28.5 Å². The highest BCUT2D eigenvalue weighted by Crippen LogP contribution is 2.23. The first kappa shape index (κ1) is 20.2. The first-order chi connectivity index (χ1) is 13.4. The molecule has 0 bridgehead atoms. The maximum Gasteiger partial charge on any atom is 0.331 e. The molecule has 1 aliphatic heterocycles. The molecule has 3 rings (SSSR count). The molecule has 1 aromatic heterocycles. The van der Waals surface area contributed by atoms with Gasteiger partial charge < -0.3 is 10.1 Å². The molecule has 148 valence electrons. The standard InChI is InChI=1S/C19H20N2O5S2/c22-18(14-26-19(23)9-8-16-6-4-12-27-16)20-15-5-3-7-17(13-15)28(24,25)21-10-1-2-11-21/h3-9,12-13H,1-2,10-11,14H2,(H,20,22).